The van der Waals surface area contributed by atoms with Gasteiger partial charge in [-0.2, -0.15) is 0 Å². The standard InChI is InChI=1S/C48H28S.C46H28S.C40H24S/c1-2-14-31-29(13-1)27-42(35-18-4-3-15-32(31)35)46-39-22-10-8-20-37(39)45(38-21-9-11-23-40(38)46)30-25-26-44-43(28-30)47-36-19-7-5-16-33(36)34-17-6-12-24-41(34)48(47)49-44;1-2-14-29(15-3-1)31-16-4-7-19-34(31)44-38-23-11-9-21-36(38)43(37-22-10-12-24-39(37)44)30-26-27-42-41(28-30)45-35-20-8-5-17-32(35)33-18-6-13-25-40(33)46(45)47-42;1-2-12-25(13-3-1)37-30-17-7-9-19-32(30)38(33-20-10-8-18-31(33)37)26-22-23-36-35(24-26)39-29-16-6-4-14-27(29)28-15-5-11-21-34(28)40(39)41-36/h1-28H;1-28H;1-24H. The molecule has 27 aromatic carbocycles. The Hall–Kier alpha value is -16.8. The zero-order valence-electron chi connectivity index (χ0n) is 74.4. The van der Waals surface area contributed by atoms with Crippen LogP contribution in [0.15, 0.2) is 485 Å². The molecule has 0 aliphatic heterocycles. The van der Waals surface area contributed by atoms with Gasteiger partial charge in [-0.05, 0) is 255 Å². The fourth-order valence-corrected chi connectivity index (χ4v) is 27.0. The number of fused-ring (bicyclic) bond motifs is 33. The number of benzene rings is 27. The van der Waals surface area contributed by atoms with Crippen molar-refractivity contribution in [1.82, 2.24) is 0 Å². The highest BCUT2D eigenvalue weighted by molar-refractivity contribution is 7.28. The second-order valence-electron chi connectivity index (χ2n) is 36.3. The Morgan fingerprint density at radius 2 is 0.328 bits per heavy atom. The Kier molecular flexibility index (Phi) is 18.4. The molecule has 0 aliphatic carbocycles. The van der Waals surface area contributed by atoms with Crippen molar-refractivity contribution in [2.45, 2.75) is 0 Å². The Morgan fingerprint density at radius 3 is 0.657 bits per heavy atom. The molecule has 137 heavy (non-hydrogen) atoms. The predicted octanol–water partition coefficient (Wildman–Crippen LogP) is 40.0. The maximum absolute atomic E-state index is 2.47. The van der Waals surface area contributed by atoms with Crippen LogP contribution in [0, 0.1) is 0 Å². The van der Waals surface area contributed by atoms with Crippen molar-refractivity contribution in [2.75, 3.05) is 0 Å². The van der Waals surface area contributed by atoms with Crippen molar-refractivity contribution < 1.29 is 0 Å². The molecule has 0 bridgehead atoms. The summed E-state index contributed by atoms with van der Waals surface area (Å²) in [5.41, 5.74) is 17.9. The van der Waals surface area contributed by atoms with E-state index >= 15 is 0 Å². The quantitative estimate of drug-likeness (QED) is 0.110. The molecule has 30 rings (SSSR count). The van der Waals surface area contributed by atoms with Crippen LogP contribution in [-0.2, 0) is 0 Å². The lowest BCUT2D eigenvalue weighted by Gasteiger charge is -2.19. The Labute approximate surface area is 802 Å². The molecule has 0 aliphatic rings. The second-order valence-corrected chi connectivity index (χ2v) is 39.5. The molecule has 3 heterocycles. The third-order valence-corrected chi connectivity index (χ3v) is 32.7. The summed E-state index contributed by atoms with van der Waals surface area (Å²) in [5.74, 6) is 0. The zero-order valence-corrected chi connectivity index (χ0v) is 76.9. The van der Waals surface area contributed by atoms with Gasteiger partial charge in [0.05, 0.1) is 0 Å². The first kappa shape index (κ1) is 78.9. The molecular formula is C134H80S3. The van der Waals surface area contributed by atoms with Gasteiger partial charge >= 0.3 is 0 Å². The Morgan fingerprint density at radius 1 is 0.109 bits per heavy atom. The lowest BCUT2D eigenvalue weighted by Crippen LogP contribution is -1.92. The lowest BCUT2D eigenvalue weighted by atomic mass is 9.83. The molecule has 0 fully saturated rings. The molecule has 3 aromatic heterocycles. The maximum atomic E-state index is 2.47. The van der Waals surface area contributed by atoms with Gasteiger partial charge in [-0.15, -0.1) is 34.0 Å². The summed E-state index contributed by atoms with van der Waals surface area (Å²) in [7, 11) is 0. The number of rotatable bonds is 7. The molecule has 0 N–H and O–H groups in total. The van der Waals surface area contributed by atoms with Gasteiger partial charge < -0.3 is 0 Å². The lowest BCUT2D eigenvalue weighted by molar-refractivity contribution is 1.61. The van der Waals surface area contributed by atoms with Crippen molar-refractivity contribution in [1.29, 1.82) is 0 Å². The van der Waals surface area contributed by atoms with E-state index < -0.39 is 0 Å². The highest BCUT2D eigenvalue weighted by Crippen LogP contribution is 2.55. The van der Waals surface area contributed by atoms with Crippen molar-refractivity contribution in [2.24, 2.45) is 0 Å². The van der Waals surface area contributed by atoms with Gasteiger partial charge in [0.2, 0.25) is 0 Å². The monoisotopic (exact) mass is 1780 g/mol. The predicted molar refractivity (Wildman–Crippen MR) is 601 cm³/mol. The van der Waals surface area contributed by atoms with Crippen molar-refractivity contribution in [3.8, 4) is 77.9 Å². The van der Waals surface area contributed by atoms with Gasteiger partial charge in [-0.3, -0.25) is 0 Å². The van der Waals surface area contributed by atoms with Crippen LogP contribution in [0.25, 0.3) is 289 Å². The third-order valence-electron chi connectivity index (χ3n) is 29.1. The highest BCUT2D eigenvalue weighted by atomic mass is 32.1. The van der Waals surface area contributed by atoms with E-state index in [1.54, 1.807) is 0 Å². The smallest absolute Gasteiger partial charge is 0.0440 e. The fourth-order valence-electron chi connectivity index (χ4n) is 23.3. The summed E-state index contributed by atoms with van der Waals surface area (Å²) in [5, 5.41) is 44.6. The van der Waals surface area contributed by atoms with E-state index in [0.29, 0.717) is 0 Å². The van der Waals surface area contributed by atoms with Gasteiger partial charge in [0.25, 0.3) is 0 Å². The van der Waals surface area contributed by atoms with Crippen molar-refractivity contribution >= 4 is 245 Å². The molecule has 0 nitrogen and oxygen atoms in total. The van der Waals surface area contributed by atoms with Crippen LogP contribution in [0.1, 0.15) is 0 Å². The van der Waals surface area contributed by atoms with Crippen molar-refractivity contribution in [3.63, 3.8) is 0 Å². The molecule has 0 atom stereocenters. The SMILES string of the molecule is c1ccc(-c2c3ccccc3c(-c3ccc4sc5c6ccccc6c6ccccc6c5c4c3)c3ccccc23)cc1.c1ccc(-c2ccccc2-c2c3ccccc3c(-c3ccc4sc5c6ccccc6c6ccccc6c5c4c3)c3ccccc23)cc1.c1ccc2c(c1)cc(-c1c3ccccc3c(-c3ccc4sc5c6ccccc6c6ccccc6c5c4c3)c3ccccc13)c1ccccc12. The van der Waals surface area contributed by atoms with Crippen LogP contribution in [0.5, 0.6) is 0 Å². The summed E-state index contributed by atoms with van der Waals surface area (Å²) >= 11 is 5.75. The summed E-state index contributed by atoms with van der Waals surface area (Å²) in [6, 6.07) is 179. The Bertz CT molecular complexity index is 10200. The largest absolute Gasteiger partial charge is 0.135 e. The van der Waals surface area contributed by atoms with Gasteiger partial charge in [0, 0.05) is 76.7 Å². The number of hydrogen-bond acceptors (Lipinski definition) is 3. The van der Waals surface area contributed by atoms with Crippen LogP contribution in [0.4, 0.5) is 0 Å². The van der Waals surface area contributed by atoms with Crippen molar-refractivity contribution in [3.05, 3.63) is 485 Å². The van der Waals surface area contributed by atoms with Crippen LogP contribution >= 0.6 is 34.0 Å². The molecule has 0 radical (unpaired) electrons. The van der Waals surface area contributed by atoms with Crippen LogP contribution in [0.3, 0.4) is 0 Å². The maximum Gasteiger partial charge on any atom is 0.0440 e. The molecule has 3 heteroatoms. The highest BCUT2D eigenvalue weighted by Gasteiger charge is 2.27. The average molecular weight is 1790 g/mol. The van der Waals surface area contributed by atoms with Gasteiger partial charge in [0.15, 0.2) is 0 Å². The minimum Gasteiger partial charge on any atom is -0.135 e. The fraction of sp³-hybridized carbons (Fsp3) is 0. The van der Waals surface area contributed by atoms with E-state index in [4.69, 9.17) is 0 Å². The summed E-state index contributed by atoms with van der Waals surface area (Å²) in [6.45, 7) is 0. The van der Waals surface area contributed by atoms with E-state index in [2.05, 4.69) is 485 Å². The summed E-state index contributed by atoms with van der Waals surface area (Å²) < 4.78 is 8.10. The van der Waals surface area contributed by atoms with Crippen LogP contribution < -0.4 is 0 Å². The second kappa shape index (κ2) is 32.0. The molecule has 0 amide bonds. The molecule has 0 unspecified atom stereocenters. The first-order valence-corrected chi connectivity index (χ1v) is 49.7. The number of hydrogen-bond donors (Lipinski definition) is 0. The molecule has 634 valence electrons. The van der Waals surface area contributed by atoms with E-state index in [9.17, 15) is 0 Å². The normalized spacial score (nSPS) is 11.9. The molecule has 0 spiro atoms. The number of thiophene rings is 3. The van der Waals surface area contributed by atoms with E-state index in [0.717, 1.165) is 0 Å². The molecule has 0 saturated heterocycles. The van der Waals surface area contributed by atoms with E-state index in [1.165, 1.54) is 289 Å². The average Bonchev–Trinajstić information content (AvgIpc) is 1.66. The summed E-state index contributed by atoms with van der Waals surface area (Å²) in [6.07, 6.45) is 0. The first-order chi connectivity index (χ1) is 68.0. The zero-order chi connectivity index (χ0) is 89.9. The minimum absolute atomic E-state index is 1.23. The topological polar surface area (TPSA) is 0 Å². The van der Waals surface area contributed by atoms with Crippen LogP contribution in [0.2, 0.25) is 0 Å². The van der Waals surface area contributed by atoms with E-state index in [1.807, 2.05) is 34.0 Å². The van der Waals surface area contributed by atoms with Gasteiger partial charge in [-0.25, -0.2) is 0 Å². The minimum atomic E-state index is 1.23. The van der Waals surface area contributed by atoms with Crippen LogP contribution in [-0.4, -0.2) is 0 Å². The molecule has 30 aromatic rings. The van der Waals surface area contributed by atoms with E-state index in [-0.39, 0.29) is 0 Å². The first-order valence-electron chi connectivity index (χ1n) is 47.2. The Balaban J connectivity index is 0.000000102. The molecular weight excluding hydrogens is 1710 g/mol. The molecule has 0 saturated carbocycles. The summed E-state index contributed by atoms with van der Waals surface area (Å²) in [4.78, 5) is 0. The van der Waals surface area contributed by atoms with Gasteiger partial charge in [-0.1, -0.05) is 443 Å². The third kappa shape index (κ3) is 12.4. The van der Waals surface area contributed by atoms with Gasteiger partial charge in [0.1, 0.15) is 0 Å².